The van der Waals surface area contributed by atoms with Gasteiger partial charge in [0.15, 0.2) is 0 Å². The van der Waals surface area contributed by atoms with Crippen LogP contribution in [0, 0.1) is 0 Å². The second-order valence-electron chi connectivity index (χ2n) is 5.17. The number of carbonyl (C=O) groups excluding carboxylic acids is 1. The van der Waals surface area contributed by atoms with E-state index in [9.17, 15) is 9.90 Å². The molecule has 1 N–H and O–H groups in total. The highest BCUT2D eigenvalue weighted by Gasteiger charge is 2.35. The molecule has 1 aromatic rings. The van der Waals surface area contributed by atoms with Gasteiger partial charge >= 0.3 is 5.97 Å². The Morgan fingerprint density at radius 1 is 1.52 bits per heavy atom. The van der Waals surface area contributed by atoms with E-state index in [1.54, 1.807) is 17.3 Å². The molecule has 1 aliphatic rings. The highest BCUT2D eigenvalue weighted by molar-refractivity contribution is 7.14. The van der Waals surface area contributed by atoms with Crippen molar-refractivity contribution in [3.05, 3.63) is 15.8 Å². The lowest BCUT2D eigenvalue weighted by atomic mass is 9.92. The number of thiophene rings is 1. The molecule has 0 atom stereocenters. The van der Waals surface area contributed by atoms with E-state index in [1.807, 2.05) is 14.1 Å². The van der Waals surface area contributed by atoms with Crippen LogP contribution in [-0.2, 0) is 15.1 Å². The minimum absolute atomic E-state index is 0.408. The summed E-state index contributed by atoms with van der Waals surface area (Å²) in [5.74, 6) is -0.437. The molecule has 0 saturated carbocycles. The van der Waals surface area contributed by atoms with Gasteiger partial charge in [-0.3, -0.25) is 0 Å². The molecule has 21 heavy (non-hydrogen) atoms. The predicted molar refractivity (Wildman–Crippen MR) is 81.4 cm³/mol. The lowest BCUT2D eigenvalue weighted by Gasteiger charge is -2.30. The molecule has 7 heteroatoms. The lowest BCUT2D eigenvalue weighted by Crippen LogP contribution is -2.32. The van der Waals surface area contributed by atoms with Crippen molar-refractivity contribution in [2.75, 3.05) is 34.4 Å². The fourth-order valence-electron chi connectivity index (χ4n) is 2.08. The Hall–Kier alpha value is -1.44. The summed E-state index contributed by atoms with van der Waals surface area (Å²) in [5.41, 5.74) is -0.423. The van der Waals surface area contributed by atoms with Crippen LogP contribution in [-0.4, -0.2) is 56.7 Å². The van der Waals surface area contributed by atoms with Gasteiger partial charge in [-0.05, 0) is 6.07 Å². The van der Waals surface area contributed by atoms with Gasteiger partial charge in [0.1, 0.15) is 10.5 Å². The minimum Gasteiger partial charge on any atom is -0.465 e. The van der Waals surface area contributed by atoms with Crippen LogP contribution < -0.4 is 0 Å². The minimum atomic E-state index is -0.947. The van der Waals surface area contributed by atoms with E-state index >= 15 is 0 Å². The van der Waals surface area contributed by atoms with Crippen molar-refractivity contribution in [3.63, 3.8) is 0 Å². The summed E-state index contributed by atoms with van der Waals surface area (Å²) in [4.78, 5) is 19.1. The van der Waals surface area contributed by atoms with Gasteiger partial charge < -0.3 is 19.5 Å². The number of carbonyl (C=O) groups is 1. The SMILES string of the molecule is COC(=O)c1sc(C2(O)CCOCC2)cc1N=CN(C)C. The number of ether oxygens (including phenoxy) is 2. The molecule has 0 aromatic carbocycles. The number of esters is 1. The third-order valence-electron chi connectivity index (χ3n) is 3.29. The molecule has 0 spiro atoms. The van der Waals surface area contributed by atoms with Gasteiger partial charge in [0.05, 0.1) is 19.1 Å². The van der Waals surface area contributed by atoms with Gasteiger partial charge in [0, 0.05) is 45.0 Å². The zero-order valence-corrected chi connectivity index (χ0v) is 13.3. The van der Waals surface area contributed by atoms with Gasteiger partial charge in [-0.1, -0.05) is 0 Å². The molecule has 1 aromatic heterocycles. The van der Waals surface area contributed by atoms with E-state index in [4.69, 9.17) is 9.47 Å². The predicted octanol–water partition coefficient (Wildman–Crippen LogP) is 1.75. The second kappa shape index (κ2) is 6.55. The smallest absolute Gasteiger partial charge is 0.350 e. The second-order valence-corrected chi connectivity index (χ2v) is 6.22. The first kappa shape index (κ1) is 15.9. The van der Waals surface area contributed by atoms with Gasteiger partial charge in [0.2, 0.25) is 0 Å². The highest BCUT2D eigenvalue weighted by atomic mass is 32.1. The van der Waals surface area contributed by atoms with Crippen molar-refractivity contribution in [1.29, 1.82) is 0 Å². The molecule has 0 amide bonds. The largest absolute Gasteiger partial charge is 0.465 e. The van der Waals surface area contributed by atoms with Gasteiger partial charge in [0.25, 0.3) is 0 Å². The van der Waals surface area contributed by atoms with Crippen LogP contribution in [0.2, 0.25) is 0 Å². The summed E-state index contributed by atoms with van der Waals surface area (Å²) in [6.45, 7) is 1.02. The molecule has 2 heterocycles. The third-order valence-corrected chi connectivity index (χ3v) is 4.59. The average molecular weight is 312 g/mol. The van der Waals surface area contributed by atoms with Crippen LogP contribution in [0.15, 0.2) is 11.1 Å². The van der Waals surface area contributed by atoms with E-state index < -0.39 is 11.6 Å². The van der Waals surface area contributed by atoms with E-state index in [2.05, 4.69) is 4.99 Å². The molecular formula is C14H20N2O4S. The lowest BCUT2D eigenvalue weighted by molar-refractivity contribution is -0.0655. The summed E-state index contributed by atoms with van der Waals surface area (Å²) in [6.07, 6.45) is 2.65. The first-order valence-corrected chi connectivity index (χ1v) is 7.51. The summed E-state index contributed by atoms with van der Waals surface area (Å²) >= 11 is 1.24. The first-order chi connectivity index (χ1) is 9.96. The van der Waals surface area contributed by atoms with Gasteiger partial charge in [-0.25, -0.2) is 9.79 Å². The van der Waals surface area contributed by atoms with E-state index in [-0.39, 0.29) is 0 Å². The number of hydrogen-bond donors (Lipinski definition) is 1. The van der Waals surface area contributed by atoms with Crippen molar-refractivity contribution in [2.45, 2.75) is 18.4 Å². The fourth-order valence-corrected chi connectivity index (χ4v) is 3.25. The molecule has 1 saturated heterocycles. The van der Waals surface area contributed by atoms with Crippen molar-refractivity contribution in [1.82, 2.24) is 4.90 Å². The Morgan fingerprint density at radius 3 is 2.76 bits per heavy atom. The highest BCUT2D eigenvalue weighted by Crippen LogP contribution is 2.41. The molecule has 1 fully saturated rings. The molecule has 116 valence electrons. The normalized spacial score (nSPS) is 17.9. The first-order valence-electron chi connectivity index (χ1n) is 6.69. The Balaban J connectivity index is 2.37. The van der Waals surface area contributed by atoms with Gasteiger partial charge in [-0.15, -0.1) is 11.3 Å². The van der Waals surface area contributed by atoms with E-state index in [0.717, 1.165) is 4.88 Å². The van der Waals surface area contributed by atoms with E-state index in [1.165, 1.54) is 18.4 Å². The summed E-state index contributed by atoms with van der Waals surface area (Å²) in [6, 6.07) is 1.77. The topological polar surface area (TPSA) is 71.4 Å². The number of aliphatic imine (C=N–C) groups is 1. The van der Waals surface area contributed by atoms with Crippen LogP contribution in [0.4, 0.5) is 5.69 Å². The molecule has 0 radical (unpaired) electrons. The average Bonchev–Trinajstić information content (AvgIpc) is 2.90. The Bertz CT molecular complexity index is 533. The quantitative estimate of drug-likeness (QED) is 0.521. The van der Waals surface area contributed by atoms with Crippen molar-refractivity contribution < 1.29 is 19.4 Å². The maximum absolute atomic E-state index is 11.9. The number of nitrogens with zero attached hydrogens (tertiary/aromatic N) is 2. The number of hydrogen-bond acceptors (Lipinski definition) is 6. The zero-order chi connectivity index (χ0) is 15.5. The summed E-state index contributed by atoms with van der Waals surface area (Å²) < 4.78 is 10.1. The number of methoxy groups -OCH3 is 1. The van der Waals surface area contributed by atoms with Crippen LogP contribution >= 0.6 is 11.3 Å². The molecule has 0 bridgehead atoms. The maximum Gasteiger partial charge on any atom is 0.350 e. The van der Waals surface area contributed by atoms with Crippen molar-refractivity contribution in [3.8, 4) is 0 Å². The van der Waals surface area contributed by atoms with Crippen LogP contribution in [0.1, 0.15) is 27.4 Å². The van der Waals surface area contributed by atoms with Gasteiger partial charge in [-0.2, -0.15) is 0 Å². The van der Waals surface area contributed by atoms with Crippen molar-refractivity contribution in [2.24, 2.45) is 4.99 Å². The molecular weight excluding hydrogens is 292 g/mol. The number of aliphatic hydroxyl groups is 1. The molecule has 1 aliphatic heterocycles. The Kier molecular flexibility index (Phi) is 4.97. The third kappa shape index (κ3) is 3.61. The summed E-state index contributed by atoms with van der Waals surface area (Å²) in [5, 5.41) is 10.7. The fraction of sp³-hybridized carbons (Fsp3) is 0.571. The van der Waals surface area contributed by atoms with Crippen LogP contribution in [0.25, 0.3) is 0 Å². The Morgan fingerprint density at radius 2 is 2.19 bits per heavy atom. The molecule has 2 rings (SSSR count). The van der Waals surface area contributed by atoms with E-state index in [0.29, 0.717) is 36.6 Å². The Labute approximate surface area is 128 Å². The molecule has 6 nitrogen and oxygen atoms in total. The standard InChI is InChI=1S/C14H20N2O4S/c1-16(2)9-15-10-8-11(21-12(10)13(17)19-3)14(18)4-6-20-7-5-14/h8-9,18H,4-7H2,1-3H3. The zero-order valence-electron chi connectivity index (χ0n) is 12.5. The van der Waals surface area contributed by atoms with Crippen LogP contribution in [0.5, 0.6) is 0 Å². The monoisotopic (exact) mass is 312 g/mol. The number of rotatable bonds is 4. The maximum atomic E-state index is 11.9. The molecule has 0 unspecified atom stereocenters. The summed E-state index contributed by atoms with van der Waals surface area (Å²) in [7, 11) is 5.03. The molecule has 0 aliphatic carbocycles. The van der Waals surface area contributed by atoms with Crippen molar-refractivity contribution >= 4 is 29.3 Å². The van der Waals surface area contributed by atoms with Crippen LogP contribution in [0.3, 0.4) is 0 Å².